The van der Waals surface area contributed by atoms with Gasteiger partial charge in [0.05, 0.1) is 5.56 Å². The summed E-state index contributed by atoms with van der Waals surface area (Å²) in [6, 6.07) is 10.8. The second-order valence-corrected chi connectivity index (χ2v) is 3.26. The number of carbonyl (C=O) groups is 1. The zero-order valence-electron chi connectivity index (χ0n) is 8.75. The molecule has 0 saturated heterocycles. The number of carboxylic acid groups (broad SMARTS) is 1. The molecule has 4 heteroatoms. The number of aromatic nitrogens is 1. The molecule has 0 radical (unpaired) electrons. The van der Waals surface area contributed by atoms with Gasteiger partial charge < -0.3 is 9.94 Å². The molecular formula is C12H11NO3. The Hall–Kier alpha value is -2.23. The minimum atomic E-state index is -0.963. The molecule has 0 saturated carbocycles. The van der Waals surface area contributed by atoms with Crippen molar-refractivity contribution in [3.05, 3.63) is 48.2 Å². The van der Waals surface area contributed by atoms with E-state index in [0.29, 0.717) is 5.69 Å². The van der Waals surface area contributed by atoms with Crippen LogP contribution in [0.2, 0.25) is 0 Å². The molecule has 0 bridgehead atoms. The third-order valence-electron chi connectivity index (χ3n) is 2.33. The van der Waals surface area contributed by atoms with Crippen molar-refractivity contribution in [1.82, 2.24) is 4.73 Å². The fourth-order valence-electron chi connectivity index (χ4n) is 1.62. The Morgan fingerprint density at radius 3 is 2.50 bits per heavy atom. The molecule has 0 aliphatic carbocycles. The second kappa shape index (κ2) is 4.10. The highest BCUT2D eigenvalue weighted by Crippen LogP contribution is 2.24. The predicted molar refractivity (Wildman–Crippen MR) is 59.3 cm³/mol. The van der Waals surface area contributed by atoms with Gasteiger partial charge in [-0.15, -0.1) is 0 Å². The molecule has 0 unspecified atom stereocenters. The van der Waals surface area contributed by atoms with Gasteiger partial charge in [-0.2, -0.15) is 4.73 Å². The van der Waals surface area contributed by atoms with Gasteiger partial charge in [-0.05, 0) is 6.07 Å². The number of hydrogen-bond donors (Lipinski definition) is 1. The van der Waals surface area contributed by atoms with Crippen LogP contribution in [0.3, 0.4) is 0 Å². The van der Waals surface area contributed by atoms with E-state index < -0.39 is 5.97 Å². The molecule has 2 rings (SSSR count). The highest BCUT2D eigenvalue weighted by molar-refractivity contribution is 5.95. The van der Waals surface area contributed by atoms with Gasteiger partial charge in [0.1, 0.15) is 12.8 Å². The van der Waals surface area contributed by atoms with Crippen LogP contribution in [-0.2, 0) is 0 Å². The second-order valence-electron chi connectivity index (χ2n) is 3.26. The van der Waals surface area contributed by atoms with E-state index in [1.807, 2.05) is 30.3 Å². The van der Waals surface area contributed by atoms with Crippen LogP contribution in [0.1, 0.15) is 10.4 Å². The summed E-state index contributed by atoms with van der Waals surface area (Å²) in [5.41, 5.74) is 1.59. The average Bonchev–Trinajstić information content (AvgIpc) is 2.73. The Kier molecular flexibility index (Phi) is 2.64. The SMILES string of the molecule is COn1ccc(C(=O)O)c1-c1ccccc1. The number of hydrogen-bond acceptors (Lipinski definition) is 2. The number of aromatic carboxylic acids is 1. The lowest BCUT2D eigenvalue weighted by Gasteiger charge is -2.08. The van der Waals surface area contributed by atoms with Crippen molar-refractivity contribution in [1.29, 1.82) is 0 Å². The van der Waals surface area contributed by atoms with Crippen molar-refractivity contribution in [2.75, 3.05) is 7.11 Å². The largest absolute Gasteiger partial charge is 0.478 e. The minimum Gasteiger partial charge on any atom is -0.478 e. The Morgan fingerprint density at radius 2 is 1.94 bits per heavy atom. The normalized spacial score (nSPS) is 10.1. The van der Waals surface area contributed by atoms with Crippen LogP contribution in [0, 0.1) is 0 Å². The van der Waals surface area contributed by atoms with Crippen molar-refractivity contribution in [2.24, 2.45) is 0 Å². The maximum absolute atomic E-state index is 11.1. The van der Waals surface area contributed by atoms with Crippen LogP contribution < -0.4 is 4.84 Å². The third kappa shape index (κ3) is 1.65. The van der Waals surface area contributed by atoms with Gasteiger partial charge in [-0.1, -0.05) is 30.3 Å². The first-order valence-corrected chi connectivity index (χ1v) is 4.78. The Morgan fingerprint density at radius 1 is 1.25 bits per heavy atom. The van der Waals surface area contributed by atoms with Gasteiger partial charge >= 0.3 is 5.97 Å². The van der Waals surface area contributed by atoms with Crippen molar-refractivity contribution in [3.63, 3.8) is 0 Å². The molecule has 4 nitrogen and oxygen atoms in total. The summed E-state index contributed by atoms with van der Waals surface area (Å²) in [6.07, 6.45) is 1.59. The summed E-state index contributed by atoms with van der Waals surface area (Å²) in [5.74, 6) is -0.963. The molecule has 1 aromatic carbocycles. The molecule has 16 heavy (non-hydrogen) atoms. The predicted octanol–water partition coefficient (Wildman–Crippen LogP) is 1.91. The minimum absolute atomic E-state index is 0.230. The molecule has 0 amide bonds. The standard InChI is InChI=1S/C12H11NO3/c1-16-13-8-7-10(12(14)15)11(13)9-5-3-2-4-6-9/h2-8H,1H3,(H,14,15). The highest BCUT2D eigenvalue weighted by atomic mass is 16.6. The van der Waals surface area contributed by atoms with Gasteiger partial charge in [0.15, 0.2) is 0 Å². The summed E-state index contributed by atoms with van der Waals surface area (Å²) in [7, 11) is 1.50. The molecule has 2 aromatic rings. The highest BCUT2D eigenvalue weighted by Gasteiger charge is 2.16. The Bertz CT molecular complexity index is 502. The van der Waals surface area contributed by atoms with E-state index in [-0.39, 0.29) is 5.56 Å². The summed E-state index contributed by atoms with van der Waals surface area (Å²) in [6.45, 7) is 0. The first kappa shape index (κ1) is 10.3. The van der Waals surface area contributed by atoms with Crippen LogP contribution in [0.5, 0.6) is 0 Å². The van der Waals surface area contributed by atoms with Crippen molar-refractivity contribution in [3.8, 4) is 11.3 Å². The first-order valence-electron chi connectivity index (χ1n) is 4.78. The fourth-order valence-corrected chi connectivity index (χ4v) is 1.62. The first-order chi connectivity index (χ1) is 7.74. The maximum Gasteiger partial charge on any atom is 0.338 e. The number of rotatable bonds is 3. The van der Waals surface area contributed by atoms with E-state index >= 15 is 0 Å². The Balaban J connectivity index is 2.62. The van der Waals surface area contributed by atoms with Crippen molar-refractivity contribution >= 4 is 5.97 Å². The number of benzene rings is 1. The van der Waals surface area contributed by atoms with Crippen molar-refractivity contribution < 1.29 is 14.7 Å². The molecule has 82 valence electrons. The summed E-state index contributed by atoms with van der Waals surface area (Å²) >= 11 is 0. The zero-order chi connectivity index (χ0) is 11.5. The molecule has 0 atom stereocenters. The van der Waals surface area contributed by atoms with E-state index in [9.17, 15) is 4.79 Å². The molecule has 1 heterocycles. The van der Waals surface area contributed by atoms with Crippen LogP contribution >= 0.6 is 0 Å². The van der Waals surface area contributed by atoms with E-state index in [1.54, 1.807) is 6.20 Å². The smallest absolute Gasteiger partial charge is 0.338 e. The Labute approximate surface area is 92.7 Å². The number of carboxylic acids is 1. The lowest BCUT2D eigenvalue weighted by atomic mass is 10.1. The summed E-state index contributed by atoms with van der Waals surface area (Å²) in [4.78, 5) is 16.1. The van der Waals surface area contributed by atoms with E-state index in [4.69, 9.17) is 9.94 Å². The van der Waals surface area contributed by atoms with Gasteiger partial charge in [0.2, 0.25) is 0 Å². The molecule has 0 fully saturated rings. The topological polar surface area (TPSA) is 51.5 Å². The van der Waals surface area contributed by atoms with E-state index in [0.717, 1.165) is 5.56 Å². The third-order valence-corrected chi connectivity index (χ3v) is 2.33. The van der Waals surface area contributed by atoms with Crippen LogP contribution in [0.25, 0.3) is 11.3 Å². The molecule has 0 spiro atoms. The van der Waals surface area contributed by atoms with Gasteiger partial charge in [0, 0.05) is 11.8 Å². The van der Waals surface area contributed by atoms with E-state index in [2.05, 4.69) is 0 Å². The molecule has 1 aromatic heterocycles. The van der Waals surface area contributed by atoms with E-state index in [1.165, 1.54) is 17.9 Å². The molecule has 1 N–H and O–H groups in total. The maximum atomic E-state index is 11.1. The lowest BCUT2D eigenvalue weighted by Crippen LogP contribution is -2.08. The fraction of sp³-hybridized carbons (Fsp3) is 0.0833. The van der Waals surface area contributed by atoms with Crippen molar-refractivity contribution in [2.45, 2.75) is 0 Å². The van der Waals surface area contributed by atoms with Crippen LogP contribution in [0.4, 0.5) is 0 Å². The monoisotopic (exact) mass is 217 g/mol. The molecular weight excluding hydrogens is 206 g/mol. The number of nitrogens with zero attached hydrogens (tertiary/aromatic N) is 1. The summed E-state index contributed by atoms with van der Waals surface area (Å²) < 4.78 is 1.44. The van der Waals surface area contributed by atoms with Gasteiger partial charge in [0.25, 0.3) is 0 Å². The molecule has 0 aliphatic rings. The average molecular weight is 217 g/mol. The van der Waals surface area contributed by atoms with Gasteiger partial charge in [-0.3, -0.25) is 0 Å². The zero-order valence-corrected chi connectivity index (χ0v) is 8.75. The van der Waals surface area contributed by atoms with Gasteiger partial charge in [-0.25, -0.2) is 4.79 Å². The quantitative estimate of drug-likeness (QED) is 0.854. The lowest BCUT2D eigenvalue weighted by molar-refractivity contribution is 0.0696. The summed E-state index contributed by atoms with van der Waals surface area (Å²) in [5, 5.41) is 9.07. The van der Waals surface area contributed by atoms with Crippen LogP contribution in [-0.4, -0.2) is 22.9 Å². The van der Waals surface area contributed by atoms with Crippen LogP contribution in [0.15, 0.2) is 42.6 Å². The molecule has 0 aliphatic heterocycles.